The summed E-state index contributed by atoms with van der Waals surface area (Å²) in [7, 11) is 2.03. The summed E-state index contributed by atoms with van der Waals surface area (Å²) in [6, 6.07) is 9.08. The van der Waals surface area contributed by atoms with Crippen molar-refractivity contribution in [2.24, 2.45) is 0 Å². The summed E-state index contributed by atoms with van der Waals surface area (Å²) in [6.45, 7) is 8.62. The van der Waals surface area contributed by atoms with E-state index in [1.54, 1.807) is 0 Å². The standard InChI is InChI=1S/C18H24N2/c1-12-6-7-16(20-11-12)10-17(19-5)18-14(3)8-13(2)9-15(18)4/h6-9,11,17,19H,10H2,1-5H3. The van der Waals surface area contributed by atoms with Crippen molar-refractivity contribution in [3.05, 3.63) is 64.0 Å². The molecule has 0 amide bonds. The molecule has 2 nitrogen and oxygen atoms in total. The Bertz CT molecular complexity index is 562. The summed E-state index contributed by atoms with van der Waals surface area (Å²) in [4.78, 5) is 4.53. The normalized spacial score (nSPS) is 12.4. The Balaban J connectivity index is 2.31. The second-order valence-corrected chi connectivity index (χ2v) is 5.68. The van der Waals surface area contributed by atoms with Crippen molar-refractivity contribution < 1.29 is 0 Å². The number of aromatic nitrogens is 1. The van der Waals surface area contributed by atoms with E-state index in [0.717, 1.165) is 12.1 Å². The Morgan fingerprint density at radius 3 is 2.15 bits per heavy atom. The third-order valence-electron chi connectivity index (χ3n) is 3.82. The molecule has 1 heterocycles. The second kappa shape index (κ2) is 6.19. The average molecular weight is 268 g/mol. The molecule has 0 spiro atoms. The van der Waals surface area contributed by atoms with Gasteiger partial charge in [0.15, 0.2) is 0 Å². The molecule has 0 bridgehead atoms. The Kier molecular flexibility index (Phi) is 4.56. The first kappa shape index (κ1) is 14.7. The average Bonchev–Trinajstić information content (AvgIpc) is 2.38. The number of likely N-dealkylation sites (N-methyl/N-ethyl adjacent to an activating group) is 1. The van der Waals surface area contributed by atoms with Crippen LogP contribution in [0.25, 0.3) is 0 Å². The maximum absolute atomic E-state index is 4.53. The molecule has 1 aromatic carbocycles. The number of hydrogen-bond acceptors (Lipinski definition) is 2. The van der Waals surface area contributed by atoms with Crippen LogP contribution in [0.15, 0.2) is 30.5 Å². The van der Waals surface area contributed by atoms with Crippen LogP contribution >= 0.6 is 0 Å². The van der Waals surface area contributed by atoms with Gasteiger partial charge in [-0.25, -0.2) is 0 Å². The third kappa shape index (κ3) is 3.26. The van der Waals surface area contributed by atoms with Crippen LogP contribution in [-0.2, 0) is 6.42 Å². The number of hydrogen-bond donors (Lipinski definition) is 1. The van der Waals surface area contributed by atoms with Crippen molar-refractivity contribution in [1.29, 1.82) is 0 Å². The highest BCUT2D eigenvalue weighted by atomic mass is 14.9. The first-order valence-corrected chi connectivity index (χ1v) is 7.18. The molecule has 0 saturated carbocycles. The first-order chi connectivity index (χ1) is 9.51. The molecule has 1 aromatic heterocycles. The van der Waals surface area contributed by atoms with Crippen LogP contribution in [0.2, 0.25) is 0 Å². The molecule has 1 atom stereocenters. The molecule has 2 heteroatoms. The highest BCUT2D eigenvalue weighted by Gasteiger charge is 2.16. The largest absolute Gasteiger partial charge is 0.313 e. The molecule has 0 radical (unpaired) electrons. The lowest BCUT2D eigenvalue weighted by atomic mass is 9.91. The number of nitrogens with one attached hydrogen (secondary N) is 1. The second-order valence-electron chi connectivity index (χ2n) is 5.68. The molecule has 0 aliphatic rings. The molecular weight excluding hydrogens is 244 g/mol. The van der Waals surface area contributed by atoms with Gasteiger partial charge in [0.05, 0.1) is 0 Å². The van der Waals surface area contributed by atoms with Gasteiger partial charge in [-0.3, -0.25) is 4.98 Å². The summed E-state index contributed by atoms with van der Waals surface area (Å²) in [5.41, 5.74) is 7.78. The minimum absolute atomic E-state index is 0.311. The number of pyridine rings is 1. The van der Waals surface area contributed by atoms with Gasteiger partial charge >= 0.3 is 0 Å². The minimum Gasteiger partial charge on any atom is -0.313 e. The Morgan fingerprint density at radius 2 is 1.65 bits per heavy atom. The fourth-order valence-corrected chi connectivity index (χ4v) is 2.92. The Morgan fingerprint density at radius 1 is 1.00 bits per heavy atom. The van der Waals surface area contributed by atoms with Gasteiger partial charge in [-0.2, -0.15) is 0 Å². The molecule has 1 unspecified atom stereocenters. The fraction of sp³-hybridized carbons (Fsp3) is 0.389. The van der Waals surface area contributed by atoms with Crippen LogP contribution in [0.5, 0.6) is 0 Å². The topological polar surface area (TPSA) is 24.9 Å². The van der Waals surface area contributed by atoms with Crippen LogP contribution in [0.1, 0.15) is 39.6 Å². The highest BCUT2D eigenvalue weighted by Crippen LogP contribution is 2.25. The van der Waals surface area contributed by atoms with Gasteiger partial charge in [0, 0.05) is 24.4 Å². The Hall–Kier alpha value is -1.67. The lowest BCUT2D eigenvalue weighted by Crippen LogP contribution is -2.21. The van der Waals surface area contributed by atoms with Crippen LogP contribution in [0.3, 0.4) is 0 Å². The van der Waals surface area contributed by atoms with Gasteiger partial charge in [0.1, 0.15) is 0 Å². The van der Waals surface area contributed by atoms with Crippen LogP contribution in [0, 0.1) is 27.7 Å². The van der Waals surface area contributed by atoms with E-state index in [0.29, 0.717) is 6.04 Å². The van der Waals surface area contributed by atoms with Crippen molar-refractivity contribution >= 4 is 0 Å². The summed E-state index contributed by atoms with van der Waals surface area (Å²) < 4.78 is 0. The van der Waals surface area contributed by atoms with Crippen molar-refractivity contribution in [2.75, 3.05) is 7.05 Å². The van der Waals surface area contributed by atoms with Gasteiger partial charge in [-0.05, 0) is 63.1 Å². The zero-order chi connectivity index (χ0) is 14.7. The van der Waals surface area contributed by atoms with E-state index in [2.05, 4.69) is 62.3 Å². The Labute approximate surface area is 122 Å². The summed E-state index contributed by atoms with van der Waals surface area (Å²) >= 11 is 0. The first-order valence-electron chi connectivity index (χ1n) is 7.18. The molecule has 0 saturated heterocycles. The SMILES string of the molecule is CNC(Cc1ccc(C)cn1)c1c(C)cc(C)cc1C. The lowest BCUT2D eigenvalue weighted by molar-refractivity contribution is 0.578. The highest BCUT2D eigenvalue weighted by molar-refractivity contribution is 5.40. The zero-order valence-electron chi connectivity index (χ0n) is 13.1. The monoisotopic (exact) mass is 268 g/mol. The summed E-state index contributed by atoms with van der Waals surface area (Å²) in [6.07, 6.45) is 2.86. The van der Waals surface area contributed by atoms with Crippen LogP contribution in [-0.4, -0.2) is 12.0 Å². The minimum atomic E-state index is 0.311. The van der Waals surface area contributed by atoms with Gasteiger partial charge in [-0.1, -0.05) is 23.8 Å². The quantitative estimate of drug-likeness (QED) is 0.912. The number of benzene rings is 1. The van der Waals surface area contributed by atoms with E-state index in [1.807, 2.05) is 13.2 Å². The van der Waals surface area contributed by atoms with Gasteiger partial charge in [-0.15, -0.1) is 0 Å². The van der Waals surface area contributed by atoms with E-state index < -0.39 is 0 Å². The molecule has 20 heavy (non-hydrogen) atoms. The van der Waals surface area contributed by atoms with Crippen molar-refractivity contribution in [2.45, 2.75) is 40.2 Å². The maximum atomic E-state index is 4.53. The van der Waals surface area contributed by atoms with Gasteiger partial charge in [0.2, 0.25) is 0 Å². The zero-order valence-corrected chi connectivity index (χ0v) is 13.1. The number of nitrogens with zero attached hydrogens (tertiary/aromatic N) is 1. The molecule has 0 fully saturated rings. The van der Waals surface area contributed by atoms with Crippen LogP contribution in [0.4, 0.5) is 0 Å². The number of rotatable bonds is 4. The van der Waals surface area contributed by atoms with E-state index in [4.69, 9.17) is 0 Å². The van der Waals surface area contributed by atoms with Gasteiger partial charge in [0.25, 0.3) is 0 Å². The van der Waals surface area contributed by atoms with Crippen molar-refractivity contribution in [3.8, 4) is 0 Å². The van der Waals surface area contributed by atoms with E-state index in [9.17, 15) is 0 Å². The van der Waals surface area contributed by atoms with E-state index in [-0.39, 0.29) is 0 Å². The molecule has 106 valence electrons. The van der Waals surface area contributed by atoms with Crippen molar-refractivity contribution in [1.82, 2.24) is 10.3 Å². The van der Waals surface area contributed by atoms with E-state index in [1.165, 1.54) is 27.8 Å². The van der Waals surface area contributed by atoms with E-state index >= 15 is 0 Å². The number of aryl methyl sites for hydroxylation is 4. The van der Waals surface area contributed by atoms with Gasteiger partial charge < -0.3 is 5.32 Å². The van der Waals surface area contributed by atoms with Crippen molar-refractivity contribution in [3.63, 3.8) is 0 Å². The predicted molar refractivity (Wildman–Crippen MR) is 85.1 cm³/mol. The molecule has 2 aromatic rings. The lowest BCUT2D eigenvalue weighted by Gasteiger charge is -2.21. The fourth-order valence-electron chi connectivity index (χ4n) is 2.92. The third-order valence-corrected chi connectivity index (χ3v) is 3.82. The summed E-state index contributed by atoms with van der Waals surface area (Å²) in [5, 5.41) is 3.44. The maximum Gasteiger partial charge on any atom is 0.0422 e. The molecule has 1 N–H and O–H groups in total. The molecule has 2 rings (SSSR count). The molecule has 0 aliphatic carbocycles. The van der Waals surface area contributed by atoms with Crippen LogP contribution < -0.4 is 5.32 Å². The molecule has 0 aliphatic heterocycles. The smallest absolute Gasteiger partial charge is 0.0422 e. The predicted octanol–water partition coefficient (Wildman–Crippen LogP) is 3.82. The molecular formula is C18H24N2. The summed E-state index contributed by atoms with van der Waals surface area (Å²) in [5.74, 6) is 0.